The molecule has 1 aliphatic rings. The molecule has 2 heterocycles. The Labute approximate surface area is 192 Å². The van der Waals surface area contributed by atoms with E-state index in [4.69, 9.17) is 14.9 Å². The van der Waals surface area contributed by atoms with Gasteiger partial charge in [-0.3, -0.25) is 4.79 Å². The summed E-state index contributed by atoms with van der Waals surface area (Å²) in [6, 6.07) is 11.5. The fourth-order valence-corrected chi connectivity index (χ4v) is 6.35. The first kappa shape index (κ1) is 22.8. The molecule has 1 aromatic carbocycles. The first-order valence-electron chi connectivity index (χ1n) is 10.9. The molecule has 33 heavy (non-hydrogen) atoms. The minimum atomic E-state index is -3.67. The molecule has 4 rings (SSSR count). The van der Waals surface area contributed by atoms with Crippen LogP contribution in [-0.2, 0) is 9.84 Å². The van der Waals surface area contributed by atoms with Crippen molar-refractivity contribution >= 4 is 26.8 Å². The molecular formula is C24H27N3O5S. The van der Waals surface area contributed by atoms with Gasteiger partial charge in [-0.25, -0.2) is 13.4 Å². The number of sulfone groups is 1. The summed E-state index contributed by atoms with van der Waals surface area (Å²) >= 11 is 0. The van der Waals surface area contributed by atoms with Crippen LogP contribution in [0.1, 0.15) is 42.7 Å². The van der Waals surface area contributed by atoms with E-state index in [0.717, 1.165) is 24.6 Å². The fraction of sp³-hybridized carbons (Fsp3) is 0.333. The molecule has 0 saturated heterocycles. The van der Waals surface area contributed by atoms with Crippen LogP contribution in [0.15, 0.2) is 70.3 Å². The first-order chi connectivity index (χ1) is 15.8. The lowest BCUT2D eigenvalue weighted by Crippen LogP contribution is -2.44. The molecule has 1 saturated carbocycles. The van der Waals surface area contributed by atoms with Gasteiger partial charge < -0.3 is 20.2 Å². The number of carbonyl (C=O) groups is 1. The van der Waals surface area contributed by atoms with E-state index in [9.17, 15) is 13.2 Å². The van der Waals surface area contributed by atoms with Crippen molar-refractivity contribution in [3.8, 4) is 5.75 Å². The lowest BCUT2D eigenvalue weighted by atomic mass is 9.86. The van der Waals surface area contributed by atoms with Gasteiger partial charge in [0, 0.05) is 17.3 Å². The Morgan fingerprint density at radius 1 is 1.18 bits per heavy atom. The van der Waals surface area contributed by atoms with Crippen LogP contribution in [0, 0.1) is 0 Å². The summed E-state index contributed by atoms with van der Waals surface area (Å²) in [5, 5.41) is 3.47. The molecule has 8 nitrogen and oxygen atoms in total. The van der Waals surface area contributed by atoms with E-state index in [0.29, 0.717) is 24.3 Å². The maximum Gasteiger partial charge on any atom is 0.287 e. The predicted molar refractivity (Wildman–Crippen MR) is 125 cm³/mol. The third kappa shape index (κ3) is 4.45. The number of amides is 1. The number of ether oxygens (including phenoxy) is 1. The second-order valence-corrected chi connectivity index (χ2v) is 10.4. The summed E-state index contributed by atoms with van der Waals surface area (Å²) in [4.78, 5) is 16.5. The molecule has 0 aliphatic heterocycles. The molecule has 2 aromatic heterocycles. The Kier molecular flexibility index (Phi) is 6.42. The number of benzene rings is 1. The molecule has 3 N–H and O–H groups in total. The Morgan fingerprint density at radius 3 is 2.58 bits per heavy atom. The normalized spacial score (nSPS) is 15.8. The summed E-state index contributed by atoms with van der Waals surface area (Å²) < 4.78 is 36.7. The minimum Gasteiger partial charge on any atom is -0.492 e. The molecule has 1 aliphatic carbocycles. The molecule has 0 atom stereocenters. The standard InChI is InChI=1S/C24H27N3O5S/c1-17(25)24(11-3-2-4-12-24)33(29,30)20-9-7-19(8-10-20)31-15-14-26-22(28)21-16-18-6-5-13-27-23(18)32-21/h5-10,13,16H,1-4,11-12,14-15,25H2,(H,26,28). The van der Waals surface area contributed by atoms with Gasteiger partial charge >= 0.3 is 0 Å². The van der Waals surface area contributed by atoms with E-state index in [2.05, 4.69) is 16.9 Å². The SMILES string of the molecule is C=C(N)C1(S(=O)(=O)c2ccc(OCCNC(=O)c3cc4cccnc4o3)cc2)CCCCC1. The van der Waals surface area contributed by atoms with E-state index < -0.39 is 14.6 Å². The monoisotopic (exact) mass is 469 g/mol. The minimum absolute atomic E-state index is 0.177. The van der Waals surface area contributed by atoms with Crippen LogP contribution < -0.4 is 15.8 Å². The van der Waals surface area contributed by atoms with Gasteiger partial charge in [-0.15, -0.1) is 0 Å². The number of carbonyl (C=O) groups excluding carboxylic acids is 1. The van der Waals surface area contributed by atoms with Crippen LogP contribution in [0.4, 0.5) is 0 Å². The lowest BCUT2D eigenvalue weighted by Gasteiger charge is -2.36. The number of hydrogen-bond acceptors (Lipinski definition) is 7. The highest BCUT2D eigenvalue weighted by atomic mass is 32.2. The van der Waals surface area contributed by atoms with Crippen molar-refractivity contribution in [3.63, 3.8) is 0 Å². The van der Waals surface area contributed by atoms with Crippen molar-refractivity contribution in [2.45, 2.75) is 41.7 Å². The number of nitrogens with one attached hydrogen (secondary N) is 1. The summed E-state index contributed by atoms with van der Waals surface area (Å²) in [6.45, 7) is 4.25. The van der Waals surface area contributed by atoms with Crippen LogP contribution in [-0.4, -0.2) is 37.2 Å². The number of aromatic nitrogens is 1. The Balaban J connectivity index is 1.34. The highest BCUT2D eigenvalue weighted by molar-refractivity contribution is 7.93. The Bertz CT molecular complexity index is 1230. The van der Waals surface area contributed by atoms with Crippen molar-refractivity contribution in [1.29, 1.82) is 0 Å². The molecule has 0 spiro atoms. The number of rotatable bonds is 8. The second-order valence-electron chi connectivity index (χ2n) is 8.17. The zero-order valence-electron chi connectivity index (χ0n) is 18.2. The van der Waals surface area contributed by atoms with Crippen LogP contribution in [0.5, 0.6) is 5.75 Å². The highest BCUT2D eigenvalue weighted by Gasteiger charge is 2.46. The van der Waals surface area contributed by atoms with Crippen molar-refractivity contribution in [1.82, 2.24) is 10.3 Å². The third-order valence-electron chi connectivity index (χ3n) is 6.07. The van der Waals surface area contributed by atoms with Crippen molar-refractivity contribution in [2.24, 2.45) is 5.73 Å². The average Bonchev–Trinajstić information content (AvgIpc) is 3.27. The van der Waals surface area contributed by atoms with E-state index in [1.165, 1.54) is 12.1 Å². The molecule has 1 amide bonds. The molecular weight excluding hydrogens is 442 g/mol. The van der Waals surface area contributed by atoms with Crippen LogP contribution in [0.2, 0.25) is 0 Å². The fourth-order valence-electron chi connectivity index (χ4n) is 4.23. The van der Waals surface area contributed by atoms with E-state index >= 15 is 0 Å². The van der Waals surface area contributed by atoms with Crippen molar-refractivity contribution in [2.75, 3.05) is 13.2 Å². The van der Waals surface area contributed by atoms with Gasteiger partial charge in [0.2, 0.25) is 5.71 Å². The first-order valence-corrected chi connectivity index (χ1v) is 12.4. The number of fused-ring (bicyclic) bond motifs is 1. The zero-order chi connectivity index (χ0) is 23.5. The molecule has 3 aromatic rings. The zero-order valence-corrected chi connectivity index (χ0v) is 19.1. The number of furan rings is 1. The predicted octanol–water partition coefficient (Wildman–Crippen LogP) is 3.59. The lowest BCUT2D eigenvalue weighted by molar-refractivity contribution is 0.0921. The molecule has 9 heteroatoms. The van der Waals surface area contributed by atoms with E-state index in [1.54, 1.807) is 30.5 Å². The van der Waals surface area contributed by atoms with Crippen LogP contribution in [0.3, 0.4) is 0 Å². The number of pyridine rings is 1. The second kappa shape index (κ2) is 9.27. The highest BCUT2D eigenvalue weighted by Crippen LogP contribution is 2.42. The van der Waals surface area contributed by atoms with Gasteiger partial charge in [-0.05, 0) is 55.3 Å². The van der Waals surface area contributed by atoms with E-state index in [1.807, 2.05) is 6.07 Å². The number of nitrogens with two attached hydrogens (primary N) is 1. The largest absolute Gasteiger partial charge is 0.492 e. The van der Waals surface area contributed by atoms with Gasteiger partial charge in [0.1, 0.15) is 17.1 Å². The third-order valence-corrected chi connectivity index (χ3v) is 8.66. The summed E-state index contributed by atoms with van der Waals surface area (Å²) in [7, 11) is -3.67. The summed E-state index contributed by atoms with van der Waals surface area (Å²) in [6.07, 6.45) is 5.20. The Morgan fingerprint density at radius 2 is 1.91 bits per heavy atom. The van der Waals surface area contributed by atoms with Gasteiger partial charge in [-0.1, -0.05) is 25.8 Å². The molecule has 174 valence electrons. The number of nitrogens with zero attached hydrogens (tertiary/aromatic N) is 1. The molecule has 0 radical (unpaired) electrons. The molecule has 0 unspecified atom stereocenters. The van der Waals surface area contributed by atoms with Crippen molar-refractivity contribution in [3.05, 3.63) is 66.7 Å². The number of hydrogen-bond donors (Lipinski definition) is 2. The quantitative estimate of drug-likeness (QED) is 0.483. The van der Waals surface area contributed by atoms with Crippen LogP contribution >= 0.6 is 0 Å². The van der Waals surface area contributed by atoms with Crippen LogP contribution in [0.25, 0.3) is 11.1 Å². The van der Waals surface area contributed by atoms with Gasteiger partial charge in [0.05, 0.1) is 11.4 Å². The average molecular weight is 470 g/mol. The van der Waals surface area contributed by atoms with E-state index in [-0.39, 0.29) is 35.4 Å². The summed E-state index contributed by atoms with van der Waals surface area (Å²) in [5.74, 6) is 0.314. The topological polar surface area (TPSA) is 125 Å². The van der Waals surface area contributed by atoms with Gasteiger partial charge in [0.15, 0.2) is 15.6 Å². The maximum absolute atomic E-state index is 13.4. The maximum atomic E-state index is 13.4. The Hall–Kier alpha value is -3.33. The molecule has 0 bridgehead atoms. The smallest absolute Gasteiger partial charge is 0.287 e. The van der Waals surface area contributed by atoms with Gasteiger partial charge in [-0.2, -0.15) is 0 Å². The van der Waals surface area contributed by atoms with Gasteiger partial charge in [0.25, 0.3) is 5.91 Å². The van der Waals surface area contributed by atoms with Crippen molar-refractivity contribution < 1.29 is 22.4 Å². The molecule has 1 fully saturated rings. The summed E-state index contributed by atoms with van der Waals surface area (Å²) in [5.41, 5.74) is 6.59.